The summed E-state index contributed by atoms with van der Waals surface area (Å²) in [7, 11) is 0. The van der Waals surface area contributed by atoms with Gasteiger partial charge >= 0.3 is 12.1 Å². The maximum Gasteiger partial charge on any atom is 0.407 e. The van der Waals surface area contributed by atoms with Crippen molar-refractivity contribution in [2.75, 3.05) is 12.3 Å². The van der Waals surface area contributed by atoms with E-state index in [4.69, 9.17) is 9.84 Å². The standard InChI is InChI=1S/C15H27NO5S/c1-11(17)22-10-12(13(18)19)8-6-5-7-9-16-14(20)21-15(2,3)4/h12H,5-10H2,1-4H3,(H,16,20)(H,18,19). The summed E-state index contributed by atoms with van der Waals surface area (Å²) < 4.78 is 5.11. The smallest absolute Gasteiger partial charge is 0.407 e. The number of thioether (sulfide) groups is 1. The van der Waals surface area contributed by atoms with Crippen LogP contribution >= 0.6 is 11.8 Å². The van der Waals surface area contributed by atoms with Gasteiger partial charge in [-0.25, -0.2) is 4.79 Å². The fourth-order valence-corrected chi connectivity index (χ4v) is 2.44. The molecular weight excluding hydrogens is 306 g/mol. The molecule has 0 aromatic heterocycles. The summed E-state index contributed by atoms with van der Waals surface area (Å²) in [6.07, 6.45) is 2.46. The highest BCUT2D eigenvalue weighted by molar-refractivity contribution is 8.13. The SMILES string of the molecule is CC(=O)SCC(CCCCCNC(=O)OC(C)(C)C)C(=O)O. The molecule has 0 spiro atoms. The fourth-order valence-electron chi connectivity index (χ4n) is 1.69. The van der Waals surface area contributed by atoms with E-state index in [1.165, 1.54) is 6.92 Å². The van der Waals surface area contributed by atoms with Crippen LogP contribution in [0.2, 0.25) is 0 Å². The largest absolute Gasteiger partial charge is 0.481 e. The number of ether oxygens (including phenoxy) is 1. The van der Waals surface area contributed by atoms with Gasteiger partial charge in [0.05, 0.1) is 5.92 Å². The molecule has 0 aromatic carbocycles. The first-order valence-electron chi connectivity index (χ1n) is 7.45. The van der Waals surface area contributed by atoms with Gasteiger partial charge in [-0.15, -0.1) is 0 Å². The summed E-state index contributed by atoms with van der Waals surface area (Å²) >= 11 is 1.05. The molecular formula is C15H27NO5S. The molecule has 2 N–H and O–H groups in total. The van der Waals surface area contributed by atoms with E-state index in [-0.39, 0.29) is 5.12 Å². The minimum absolute atomic E-state index is 0.0622. The van der Waals surface area contributed by atoms with Crippen LogP contribution in [0.1, 0.15) is 53.4 Å². The number of carbonyl (C=O) groups is 3. The molecule has 0 aromatic rings. The van der Waals surface area contributed by atoms with Gasteiger partial charge < -0.3 is 15.2 Å². The third kappa shape index (κ3) is 12.5. The van der Waals surface area contributed by atoms with E-state index in [9.17, 15) is 14.4 Å². The Morgan fingerprint density at radius 2 is 1.82 bits per heavy atom. The van der Waals surface area contributed by atoms with Crippen molar-refractivity contribution in [1.29, 1.82) is 0 Å². The summed E-state index contributed by atoms with van der Waals surface area (Å²) in [4.78, 5) is 33.3. The van der Waals surface area contributed by atoms with E-state index in [1.54, 1.807) is 20.8 Å². The molecule has 1 unspecified atom stereocenters. The van der Waals surface area contributed by atoms with E-state index in [0.717, 1.165) is 31.0 Å². The van der Waals surface area contributed by atoms with Gasteiger partial charge in [-0.1, -0.05) is 24.6 Å². The lowest BCUT2D eigenvalue weighted by atomic mass is 10.0. The predicted molar refractivity (Wildman–Crippen MR) is 87.0 cm³/mol. The number of alkyl carbamates (subject to hydrolysis) is 1. The molecule has 1 amide bonds. The van der Waals surface area contributed by atoms with Crippen LogP contribution < -0.4 is 5.32 Å². The van der Waals surface area contributed by atoms with Gasteiger partial charge in [-0.2, -0.15) is 0 Å². The van der Waals surface area contributed by atoms with Crippen LogP contribution in [0.5, 0.6) is 0 Å². The quantitative estimate of drug-likeness (QED) is 0.630. The minimum atomic E-state index is -0.861. The van der Waals surface area contributed by atoms with Crippen molar-refractivity contribution in [2.24, 2.45) is 5.92 Å². The molecule has 6 nitrogen and oxygen atoms in total. The molecule has 0 rings (SSSR count). The molecule has 0 aliphatic heterocycles. The zero-order valence-electron chi connectivity index (χ0n) is 13.8. The molecule has 0 aliphatic carbocycles. The first-order chi connectivity index (χ1) is 10.1. The van der Waals surface area contributed by atoms with Crippen LogP contribution in [-0.2, 0) is 14.3 Å². The van der Waals surface area contributed by atoms with Crippen molar-refractivity contribution in [2.45, 2.75) is 59.0 Å². The third-order valence-corrected chi connectivity index (χ3v) is 3.71. The number of nitrogens with one attached hydrogen (secondary N) is 1. The second-order valence-electron chi connectivity index (χ2n) is 6.12. The van der Waals surface area contributed by atoms with Crippen LogP contribution in [0.15, 0.2) is 0 Å². The number of carbonyl (C=O) groups excluding carboxylic acids is 2. The summed E-state index contributed by atoms with van der Waals surface area (Å²) in [5.41, 5.74) is -0.507. The van der Waals surface area contributed by atoms with Crippen LogP contribution in [-0.4, -0.2) is 40.2 Å². The Labute approximate surface area is 136 Å². The Bertz CT molecular complexity index is 379. The number of carboxylic acid groups (broad SMARTS) is 1. The molecule has 0 bridgehead atoms. The van der Waals surface area contributed by atoms with Gasteiger partial charge in [0.15, 0.2) is 5.12 Å². The maximum atomic E-state index is 11.4. The van der Waals surface area contributed by atoms with E-state index >= 15 is 0 Å². The van der Waals surface area contributed by atoms with E-state index < -0.39 is 23.6 Å². The number of unbranched alkanes of at least 4 members (excludes halogenated alkanes) is 2. The Morgan fingerprint density at radius 3 is 2.32 bits per heavy atom. The summed E-state index contributed by atoms with van der Waals surface area (Å²) in [5, 5.41) is 11.7. The zero-order chi connectivity index (χ0) is 17.2. The van der Waals surface area contributed by atoms with Gasteiger partial charge in [-0.3, -0.25) is 9.59 Å². The molecule has 0 heterocycles. The van der Waals surface area contributed by atoms with Crippen LogP contribution in [0, 0.1) is 5.92 Å². The van der Waals surface area contributed by atoms with Crippen molar-refractivity contribution in [1.82, 2.24) is 5.32 Å². The van der Waals surface area contributed by atoms with E-state index in [1.807, 2.05) is 0 Å². The lowest BCUT2D eigenvalue weighted by Crippen LogP contribution is -2.33. The fraction of sp³-hybridized carbons (Fsp3) is 0.800. The molecule has 0 saturated carbocycles. The molecule has 0 aliphatic rings. The van der Waals surface area contributed by atoms with Gasteiger partial charge in [0.1, 0.15) is 5.60 Å². The molecule has 0 radical (unpaired) electrons. The molecule has 0 saturated heterocycles. The van der Waals surface area contributed by atoms with Crippen LogP contribution in [0.25, 0.3) is 0 Å². The number of amides is 1. The average molecular weight is 333 g/mol. The van der Waals surface area contributed by atoms with Gasteiger partial charge in [0.25, 0.3) is 0 Å². The molecule has 7 heteroatoms. The molecule has 128 valence electrons. The summed E-state index contributed by atoms with van der Waals surface area (Å²) in [6, 6.07) is 0. The number of hydrogen-bond acceptors (Lipinski definition) is 5. The number of rotatable bonds is 9. The van der Waals surface area contributed by atoms with E-state index in [2.05, 4.69) is 5.32 Å². The third-order valence-electron chi connectivity index (χ3n) is 2.73. The Morgan fingerprint density at radius 1 is 1.18 bits per heavy atom. The first kappa shape index (κ1) is 20.8. The average Bonchev–Trinajstić information content (AvgIpc) is 2.33. The van der Waals surface area contributed by atoms with Crippen molar-refractivity contribution in [3.05, 3.63) is 0 Å². The highest BCUT2D eigenvalue weighted by Crippen LogP contribution is 2.17. The summed E-state index contributed by atoms with van der Waals surface area (Å²) in [5.74, 6) is -1.03. The second-order valence-corrected chi connectivity index (χ2v) is 7.31. The van der Waals surface area contributed by atoms with Crippen LogP contribution in [0.4, 0.5) is 4.79 Å². The van der Waals surface area contributed by atoms with E-state index in [0.29, 0.717) is 18.7 Å². The highest BCUT2D eigenvalue weighted by atomic mass is 32.2. The number of aliphatic carboxylic acids is 1. The van der Waals surface area contributed by atoms with Gasteiger partial charge in [0.2, 0.25) is 0 Å². The van der Waals surface area contributed by atoms with Crippen molar-refractivity contribution >= 4 is 28.9 Å². The summed E-state index contributed by atoms with van der Waals surface area (Å²) in [6.45, 7) is 7.35. The predicted octanol–water partition coefficient (Wildman–Crippen LogP) is 3.05. The second kappa shape index (κ2) is 10.5. The lowest BCUT2D eigenvalue weighted by molar-refractivity contribution is -0.141. The van der Waals surface area contributed by atoms with Crippen molar-refractivity contribution < 1.29 is 24.2 Å². The molecule has 22 heavy (non-hydrogen) atoms. The Kier molecular flexibility index (Phi) is 9.89. The zero-order valence-corrected chi connectivity index (χ0v) is 14.6. The Balaban J connectivity index is 3.75. The van der Waals surface area contributed by atoms with Crippen molar-refractivity contribution in [3.8, 4) is 0 Å². The molecule has 0 fully saturated rings. The molecule has 1 atom stereocenters. The van der Waals surface area contributed by atoms with Crippen molar-refractivity contribution in [3.63, 3.8) is 0 Å². The van der Waals surface area contributed by atoms with Gasteiger partial charge in [0, 0.05) is 19.2 Å². The lowest BCUT2D eigenvalue weighted by Gasteiger charge is -2.19. The topological polar surface area (TPSA) is 92.7 Å². The minimum Gasteiger partial charge on any atom is -0.481 e. The Hall–Kier alpha value is -1.24. The van der Waals surface area contributed by atoms with Crippen LogP contribution in [0.3, 0.4) is 0 Å². The number of hydrogen-bond donors (Lipinski definition) is 2. The maximum absolute atomic E-state index is 11.4. The normalized spacial score (nSPS) is 12.5. The highest BCUT2D eigenvalue weighted by Gasteiger charge is 2.18. The monoisotopic (exact) mass is 333 g/mol. The number of carboxylic acids is 1. The first-order valence-corrected chi connectivity index (χ1v) is 8.43. The van der Waals surface area contributed by atoms with Gasteiger partial charge in [-0.05, 0) is 33.6 Å².